The second-order valence-electron chi connectivity index (χ2n) is 5.64. The number of carbonyl (C=O) groups excluding carboxylic acids is 1. The molecule has 0 radical (unpaired) electrons. The predicted octanol–water partition coefficient (Wildman–Crippen LogP) is 4.78. The van der Waals surface area contributed by atoms with Crippen LogP contribution in [-0.2, 0) is 4.79 Å². The minimum Gasteiger partial charge on any atom is -0.506 e. The number of phenols is 2. The van der Waals surface area contributed by atoms with Crippen molar-refractivity contribution in [1.29, 1.82) is 0 Å². The number of hydrogen-bond donors (Lipinski definition) is 3. The third-order valence-corrected chi connectivity index (χ3v) is 6.23. The first-order valence-electron chi connectivity index (χ1n) is 7.83. The lowest BCUT2D eigenvalue weighted by Crippen LogP contribution is -2.19. The van der Waals surface area contributed by atoms with Gasteiger partial charge in [-0.25, -0.2) is 0 Å². The number of thioether (sulfide) groups is 1. The highest BCUT2D eigenvalue weighted by Crippen LogP contribution is 2.42. The molecule has 1 heterocycles. The topological polar surface area (TPSA) is 137 Å². The molecule has 0 bridgehead atoms. The van der Waals surface area contributed by atoms with Gasteiger partial charge < -0.3 is 10.2 Å². The average molecular weight is 577 g/mol. The van der Waals surface area contributed by atoms with Gasteiger partial charge in [0.15, 0.2) is 5.17 Å². The van der Waals surface area contributed by atoms with Crippen LogP contribution in [0.15, 0.2) is 48.3 Å². The smallest absolute Gasteiger partial charge is 0.288 e. The predicted molar refractivity (Wildman–Crippen MR) is 122 cm³/mol. The minimum absolute atomic E-state index is 0.00705. The molecule has 0 atom stereocenters. The Kier molecular flexibility index (Phi) is 6.81. The molecule has 1 saturated heterocycles. The quantitative estimate of drug-likeness (QED) is 0.207. The number of nitro benzene ring substituents is 1. The van der Waals surface area contributed by atoms with Crippen molar-refractivity contribution in [3.05, 3.63) is 64.4 Å². The van der Waals surface area contributed by atoms with E-state index in [-0.39, 0.29) is 36.8 Å². The highest BCUT2D eigenvalue weighted by molar-refractivity contribution is 9.11. The number of halogens is 3. The van der Waals surface area contributed by atoms with Crippen LogP contribution >= 0.6 is 55.2 Å². The molecule has 1 amide bonds. The van der Waals surface area contributed by atoms with Crippen LogP contribution in [0.4, 0.5) is 5.69 Å². The van der Waals surface area contributed by atoms with Gasteiger partial charge in [-0.05, 0) is 61.8 Å². The van der Waals surface area contributed by atoms with Crippen LogP contribution in [0.25, 0.3) is 6.08 Å². The third-order valence-electron chi connectivity index (χ3n) is 3.66. The van der Waals surface area contributed by atoms with E-state index in [0.717, 1.165) is 11.8 Å². The van der Waals surface area contributed by atoms with Gasteiger partial charge >= 0.3 is 0 Å². The van der Waals surface area contributed by atoms with Crippen LogP contribution in [0.2, 0.25) is 5.02 Å². The maximum atomic E-state index is 12.2. The Balaban J connectivity index is 1.80. The number of amidine groups is 1. The van der Waals surface area contributed by atoms with Crippen molar-refractivity contribution in [2.24, 2.45) is 10.2 Å². The zero-order valence-corrected chi connectivity index (χ0v) is 19.2. The monoisotopic (exact) mass is 574 g/mol. The molecule has 154 valence electrons. The molecule has 1 aliphatic rings. The molecule has 1 fully saturated rings. The summed E-state index contributed by atoms with van der Waals surface area (Å²) in [7, 11) is 0. The molecular formula is C17H9Br2ClN4O5S. The largest absolute Gasteiger partial charge is 0.506 e. The number of aromatic hydroxyl groups is 2. The van der Waals surface area contributed by atoms with E-state index < -0.39 is 10.8 Å². The van der Waals surface area contributed by atoms with Crippen LogP contribution in [0.3, 0.4) is 0 Å². The fraction of sp³-hybridized carbons (Fsp3) is 0. The summed E-state index contributed by atoms with van der Waals surface area (Å²) < 4.78 is 0.417. The Morgan fingerprint density at radius 1 is 1.23 bits per heavy atom. The Morgan fingerprint density at radius 2 is 1.97 bits per heavy atom. The number of hydrogen-bond acceptors (Lipinski definition) is 8. The molecule has 0 unspecified atom stereocenters. The van der Waals surface area contributed by atoms with Gasteiger partial charge in [-0.15, -0.1) is 5.10 Å². The number of nitro groups is 1. The fourth-order valence-corrected chi connectivity index (χ4v) is 4.35. The van der Waals surface area contributed by atoms with E-state index >= 15 is 0 Å². The SMILES string of the molecule is O=C1NC(=NN=Cc2ccc(Cl)c([N+](=O)[O-])c2)SC1=Cc1cc(Br)c(O)c(Br)c1O. The lowest BCUT2D eigenvalue weighted by molar-refractivity contribution is -0.384. The number of benzene rings is 2. The zero-order valence-electron chi connectivity index (χ0n) is 14.5. The minimum atomic E-state index is -0.606. The summed E-state index contributed by atoms with van der Waals surface area (Å²) in [6.45, 7) is 0. The summed E-state index contributed by atoms with van der Waals surface area (Å²) in [6, 6.07) is 5.62. The summed E-state index contributed by atoms with van der Waals surface area (Å²) >= 11 is 13.0. The maximum Gasteiger partial charge on any atom is 0.288 e. The number of nitrogens with one attached hydrogen (secondary N) is 1. The molecule has 2 aromatic carbocycles. The molecule has 13 heteroatoms. The molecule has 0 aliphatic carbocycles. The molecule has 30 heavy (non-hydrogen) atoms. The van der Waals surface area contributed by atoms with E-state index in [1.807, 2.05) is 0 Å². The Bertz CT molecular complexity index is 1170. The summed E-state index contributed by atoms with van der Waals surface area (Å²) in [4.78, 5) is 22.7. The number of amides is 1. The van der Waals surface area contributed by atoms with Gasteiger partial charge in [0.2, 0.25) is 0 Å². The molecule has 0 spiro atoms. The van der Waals surface area contributed by atoms with Crippen molar-refractivity contribution in [1.82, 2.24) is 5.32 Å². The highest BCUT2D eigenvalue weighted by atomic mass is 79.9. The van der Waals surface area contributed by atoms with Crippen molar-refractivity contribution in [3.63, 3.8) is 0 Å². The molecule has 3 rings (SSSR count). The van der Waals surface area contributed by atoms with Gasteiger partial charge in [-0.1, -0.05) is 17.7 Å². The number of nitrogens with zero attached hydrogens (tertiary/aromatic N) is 3. The third kappa shape index (κ3) is 4.83. The standard InChI is InChI=1S/C17H9Br2ClN4O5S/c18-9-4-8(14(25)13(19)15(9)26)5-12-16(27)22-17(30-12)23-21-6-7-1-2-10(20)11(3-7)24(28)29/h1-6,25-26H,(H,22,23,27). The molecule has 2 aromatic rings. The van der Waals surface area contributed by atoms with E-state index in [4.69, 9.17) is 11.6 Å². The van der Waals surface area contributed by atoms with Gasteiger partial charge in [0.1, 0.15) is 21.0 Å². The van der Waals surface area contributed by atoms with Crippen molar-refractivity contribution in [3.8, 4) is 11.5 Å². The molecule has 1 aliphatic heterocycles. The van der Waals surface area contributed by atoms with E-state index in [1.54, 1.807) is 0 Å². The van der Waals surface area contributed by atoms with Crippen LogP contribution in [0.1, 0.15) is 11.1 Å². The van der Waals surface area contributed by atoms with E-state index in [1.165, 1.54) is 36.6 Å². The first kappa shape index (κ1) is 22.3. The van der Waals surface area contributed by atoms with Gasteiger partial charge in [-0.2, -0.15) is 5.10 Å². The van der Waals surface area contributed by atoms with E-state index in [2.05, 4.69) is 47.4 Å². The lowest BCUT2D eigenvalue weighted by atomic mass is 10.1. The lowest BCUT2D eigenvalue weighted by Gasteiger charge is -2.06. The molecule has 0 saturated carbocycles. The second-order valence-corrected chi connectivity index (χ2v) is 8.73. The van der Waals surface area contributed by atoms with Crippen LogP contribution in [0, 0.1) is 10.1 Å². The average Bonchev–Trinajstić information content (AvgIpc) is 3.04. The normalized spacial score (nSPS) is 16.6. The van der Waals surface area contributed by atoms with Gasteiger partial charge in [0, 0.05) is 17.2 Å². The Labute approximate surface area is 194 Å². The Hall–Kier alpha value is -2.41. The van der Waals surface area contributed by atoms with Crippen molar-refractivity contribution in [2.75, 3.05) is 0 Å². The summed E-state index contributed by atoms with van der Waals surface area (Å²) in [5, 5.41) is 41.3. The summed E-state index contributed by atoms with van der Waals surface area (Å²) in [6.07, 6.45) is 2.71. The van der Waals surface area contributed by atoms with Crippen molar-refractivity contribution >= 4 is 84.3 Å². The van der Waals surface area contributed by atoms with Gasteiger partial charge in [0.05, 0.1) is 20.5 Å². The first-order valence-corrected chi connectivity index (χ1v) is 10.6. The van der Waals surface area contributed by atoms with Crippen molar-refractivity contribution < 1.29 is 19.9 Å². The van der Waals surface area contributed by atoms with Gasteiger partial charge in [0.25, 0.3) is 11.6 Å². The Morgan fingerprint density at radius 3 is 2.67 bits per heavy atom. The second kappa shape index (κ2) is 9.16. The highest BCUT2D eigenvalue weighted by Gasteiger charge is 2.25. The molecule has 0 aromatic heterocycles. The van der Waals surface area contributed by atoms with Crippen molar-refractivity contribution in [2.45, 2.75) is 0 Å². The molecular weight excluding hydrogens is 568 g/mol. The first-order chi connectivity index (χ1) is 14.2. The van der Waals surface area contributed by atoms with E-state index in [9.17, 15) is 25.1 Å². The van der Waals surface area contributed by atoms with Crippen LogP contribution < -0.4 is 5.32 Å². The number of carbonyl (C=O) groups is 1. The number of rotatable bonds is 4. The molecule has 9 nitrogen and oxygen atoms in total. The van der Waals surface area contributed by atoms with Crippen LogP contribution in [-0.4, -0.2) is 32.4 Å². The van der Waals surface area contributed by atoms with Gasteiger partial charge in [-0.3, -0.25) is 20.2 Å². The van der Waals surface area contributed by atoms with E-state index in [0.29, 0.717) is 15.6 Å². The maximum absolute atomic E-state index is 12.2. The zero-order chi connectivity index (χ0) is 22.0. The van der Waals surface area contributed by atoms with Crippen LogP contribution in [0.5, 0.6) is 11.5 Å². The summed E-state index contributed by atoms with van der Waals surface area (Å²) in [5.74, 6) is -0.850. The summed E-state index contributed by atoms with van der Waals surface area (Å²) in [5.41, 5.74) is 0.444. The molecule has 3 N–H and O–H groups in total. The number of phenolic OH excluding ortho intramolecular Hbond substituents is 2. The fourth-order valence-electron chi connectivity index (χ4n) is 2.24.